The van der Waals surface area contributed by atoms with Crippen LogP contribution in [0.4, 0.5) is 11.4 Å². The highest BCUT2D eigenvalue weighted by molar-refractivity contribution is 6.34. The van der Waals surface area contributed by atoms with Crippen LogP contribution in [0.2, 0.25) is 10.0 Å². The second kappa shape index (κ2) is 13.7. The smallest absolute Gasteiger partial charge is 0.259 e. The fourth-order valence-electron chi connectivity index (χ4n) is 3.01. The number of halogens is 2. The van der Waals surface area contributed by atoms with Crippen LogP contribution < -0.4 is 24.3 Å². The zero-order valence-electron chi connectivity index (χ0n) is 20.3. The van der Waals surface area contributed by atoms with E-state index in [1.807, 2.05) is 6.92 Å². The Hall–Kier alpha value is -3.04. The molecule has 0 bridgehead atoms. The number of anilines is 1. The van der Waals surface area contributed by atoms with E-state index in [0.717, 1.165) is 0 Å². The largest absolute Gasteiger partial charge is 0.492 e. The first kappa shape index (κ1) is 28.2. The molecule has 2 rings (SSSR count). The van der Waals surface area contributed by atoms with Gasteiger partial charge in [0.2, 0.25) is 6.04 Å². The van der Waals surface area contributed by atoms with Crippen molar-refractivity contribution in [1.29, 1.82) is 0 Å². The average molecular weight is 526 g/mol. The Morgan fingerprint density at radius 1 is 0.857 bits per heavy atom. The molecular weight excluding hydrogens is 497 g/mol. The molecule has 2 aromatic rings. The number of hydrogen-bond acceptors (Lipinski definition) is 8. The van der Waals surface area contributed by atoms with Crippen LogP contribution in [0.15, 0.2) is 34.5 Å². The number of amides is 1. The van der Waals surface area contributed by atoms with E-state index in [1.54, 1.807) is 45.0 Å². The Labute approximate surface area is 214 Å². The van der Waals surface area contributed by atoms with Crippen LogP contribution in [0.25, 0.3) is 0 Å². The lowest BCUT2D eigenvalue weighted by Gasteiger charge is -2.18. The number of benzene rings is 2. The second-order valence-electron chi connectivity index (χ2n) is 6.95. The highest BCUT2D eigenvalue weighted by Gasteiger charge is 2.27. The van der Waals surface area contributed by atoms with Crippen molar-refractivity contribution in [2.24, 2.45) is 10.2 Å². The summed E-state index contributed by atoms with van der Waals surface area (Å²) in [5, 5.41) is 11.3. The number of carbonyl (C=O) groups is 2. The van der Waals surface area contributed by atoms with Crippen molar-refractivity contribution in [2.75, 3.05) is 31.7 Å². The monoisotopic (exact) mass is 525 g/mol. The maximum Gasteiger partial charge on any atom is 0.259 e. The van der Waals surface area contributed by atoms with Gasteiger partial charge < -0.3 is 24.3 Å². The van der Waals surface area contributed by atoms with Crippen molar-refractivity contribution in [3.63, 3.8) is 0 Å². The zero-order chi connectivity index (χ0) is 26.0. The number of Topliss-reactive ketones (excluding diaryl/α,β-unsaturated/α-hetero) is 1. The van der Waals surface area contributed by atoms with E-state index in [-0.39, 0.29) is 16.4 Å². The third kappa shape index (κ3) is 7.47. The van der Waals surface area contributed by atoms with Gasteiger partial charge in [0.15, 0.2) is 5.78 Å². The summed E-state index contributed by atoms with van der Waals surface area (Å²) in [5.41, 5.74) is 0.381. The summed E-state index contributed by atoms with van der Waals surface area (Å²) in [6.07, 6.45) is 0. The van der Waals surface area contributed by atoms with E-state index in [4.69, 9.17) is 42.1 Å². The quantitative estimate of drug-likeness (QED) is 0.244. The predicted molar refractivity (Wildman–Crippen MR) is 135 cm³/mol. The molecule has 1 unspecified atom stereocenters. The summed E-state index contributed by atoms with van der Waals surface area (Å²) >= 11 is 12.6. The van der Waals surface area contributed by atoms with Gasteiger partial charge in [-0.25, -0.2) is 0 Å². The van der Waals surface area contributed by atoms with Gasteiger partial charge in [-0.3, -0.25) is 9.59 Å². The maximum absolute atomic E-state index is 13.1. The van der Waals surface area contributed by atoms with Crippen LogP contribution in [0.3, 0.4) is 0 Å². The average Bonchev–Trinajstić information content (AvgIpc) is 2.80. The number of rotatable bonds is 13. The van der Waals surface area contributed by atoms with Gasteiger partial charge in [0.1, 0.15) is 39.4 Å². The maximum atomic E-state index is 13.1. The number of carbonyl (C=O) groups excluding carboxylic acids is 2. The van der Waals surface area contributed by atoms with Crippen molar-refractivity contribution in [1.82, 2.24) is 0 Å². The molecule has 0 heterocycles. The molecule has 190 valence electrons. The minimum atomic E-state index is -1.48. The lowest BCUT2D eigenvalue weighted by molar-refractivity contribution is -0.126. The molecule has 1 N–H and O–H groups in total. The summed E-state index contributed by atoms with van der Waals surface area (Å²) in [4.78, 5) is 25.5. The Morgan fingerprint density at radius 3 is 1.86 bits per heavy atom. The first-order valence-electron chi connectivity index (χ1n) is 11.2. The molecule has 0 saturated carbocycles. The van der Waals surface area contributed by atoms with Crippen LogP contribution in [0, 0.1) is 0 Å². The molecule has 1 amide bonds. The van der Waals surface area contributed by atoms with Gasteiger partial charge in [0, 0.05) is 17.2 Å². The minimum absolute atomic E-state index is 0.148. The standard InChI is InChI=1S/C24H29Cl2N3O6/c1-6-32-16-10-11-17(33-7-2)23(20(16)26)29-28-21(14(5)30)24(31)27-22-18(34-8-3)12-15(25)13-19(22)35-9-4/h10-13,21H,6-9H2,1-5H3,(H,27,31). The Balaban J connectivity index is 2.45. The number of ether oxygens (including phenoxy) is 4. The third-order valence-electron chi connectivity index (χ3n) is 4.43. The molecule has 0 aliphatic carbocycles. The molecule has 35 heavy (non-hydrogen) atoms. The van der Waals surface area contributed by atoms with Crippen molar-refractivity contribution >= 4 is 46.3 Å². The second-order valence-corrected chi connectivity index (χ2v) is 7.77. The van der Waals surface area contributed by atoms with E-state index in [2.05, 4.69) is 15.5 Å². The fraction of sp³-hybridized carbons (Fsp3) is 0.417. The van der Waals surface area contributed by atoms with Gasteiger partial charge in [-0.05, 0) is 46.8 Å². The van der Waals surface area contributed by atoms with Gasteiger partial charge in [-0.1, -0.05) is 23.2 Å². The lowest BCUT2D eigenvalue weighted by atomic mass is 10.2. The van der Waals surface area contributed by atoms with Crippen LogP contribution in [0.1, 0.15) is 34.6 Å². The lowest BCUT2D eigenvalue weighted by Crippen LogP contribution is -2.32. The van der Waals surface area contributed by atoms with Crippen molar-refractivity contribution < 1.29 is 28.5 Å². The van der Waals surface area contributed by atoms with Gasteiger partial charge in [0.05, 0.1) is 26.4 Å². The minimum Gasteiger partial charge on any atom is -0.492 e. The number of ketones is 1. The molecule has 0 radical (unpaired) electrons. The van der Waals surface area contributed by atoms with E-state index in [0.29, 0.717) is 54.4 Å². The normalized spacial score (nSPS) is 11.7. The molecule has 0 aromatic heterocycles. The zero-order valence-corrected chi connectivity index (χ0v) is 21.8. The molecule has 0 aliphatic heterocycles. The highest BCUT2D eigenvalue weighted by atomic mass is 35.5. The summed E-state index contributed by atoms with van der Waals surface area (Å²) in [5.74, 6) is 0.0256. The van der Waals surface area contributed by atoms with Crippen molar-refractivity contribution in [3.05, 3.63) is 34.3 Å². The number of hydrogen-bond donors (Lipinski definition) is 1. The molecule has 2 aromatic carbocycles. The van der Waals surface area contributed by atoms with Crippen LogP contribution in [0.5, 0.6) is 23.0 Å². The van der Waals surface area contributed by atoms with Gasteiger partial charge in [-0.2, -0.15) is 5.11 Å². The summed E-state index contributed by atoms with van der Waals surface area (Å²) in [6, 6.07) is 4.89. The highest BCUT2D eigenvalue weighted by Crippen LogP contribution is 2.42. The SMILES string of the molecule is CCOc1ccc(OCC)c(N=NC(C(C)=O)C(=O)Nc2c(OCC)cc(Cl)cc2OCC)c1Cl. The molecule has 0 aliphatic rings. The van der Waals surface area contributed by atoms with Crippen LogP contribution in [-0.4, -0.2) is 44.2 Å². The molecule has 1 atom stereocenters. The molecule has 0 saturated heterocycles. The Morgan fingerprint density at radius 2 is 1.34 bits per heavy atom. The number of nitrogens with one attached hydrogen (secondary N) is 1. The van der Waals surface area contributed by atoms with Crippen LogP contribution in [-0.2, 0) is 9.59 Å². The summed E-state index contributed by atoms with van der Waals surface area (Å²) in [6.45, 7) is 9.79. The molecular formula is C24H29Cl2N3O6. The Kier molecular flexibility index (Phi) is 11.1. The third-order valence-corrected chi connectivity index (χ3v) is 5.01. The van der Waals surface area contributed by atoms with E-state index in [1.165, 1.54) is 6.92 Å². The van der Waals surface area contributed by atoms with Crippen molar-refractivity contribution in [2.45, 2.75) is 40.7 Å². The first-order valence-corrected chi connectivity index (χ1v) is 11.9. The van der Waals surface area contributed by atoms with Gasteiger partial charge in [-0.15, -0.1) is 5.11 Å². The van der Waals surface area contributed by atoms with E-state index in [9.17, 15) is 9.59 Å². The molecule has 0 spiro atoms. The van der Waals surface area contributed by atoms with Gasteiger partial charge in [0.25, 0.3) is 5.91 Å². The Bertz CT molecular complexity index is 1050. The van der Waals surface area contributed by atoms with Gasteiger partial charge >= 0.3 is 0 Å². The summed E-state index contributed by atoms with van der Waals surface area (Å²) < 4.78 is 22.3. The van der Waals surface area contributed by atoms with Crippen molar-refractivity contribution in [3.8, 4) is 23.0 Å². The van der Waals surface area contributed by atoms with E-state index < -0.39 is 17.7 Å². The molecule has 0 fully saturated rings. The fourth-order valence-corrected chi connectivity index (χ4v) is 3.45. The first-order chi connectivity index (χ1) is 16.8. The molecule has 11 heteroatoms. The predicted octanol–water partition coefficient (Wildman–Crippen LogP) is 6.27. The summed E-state index contributed by atoms with van der Waals surface area (Å²) in [7, 11) is 0. The van der Waals surface area contributed by atoms with Crippen LogP contribution >= 0.6 is 23.2 Å². The topological polar surface area (TPSA) is 108 Å². The molecule has 9 nitrogen and oxygen atoms in total. The number of nitrogens with zero attached hydrogens (tertiary/aromatic N) is 2. The van der Waals surface area contributed by atoms with E-state index >= 15 is 0 Å². The number of azo groups is 1.